The van der Waals surface area contributed by atoms with Crippen molar-refractivity contribution in [3.05, 3.63) is 65.5 Å². The van der Waals surface area contributed by atoms with Gasteiger partial charge in [0, 0.05) is 24.3 Å². The third kappa shape index (κ3) is 6.00. The van der Waals surface area contributed by atoms with E-state index >= 15 is 0 Å². The fourth-order valence-corrected chi connectivity index (χ4v) is 2.32. The molecule has 4 heteroatoms. The number of aliphatic hydroxyl groups is 1. The fraction of sp³-hybridized carbons (Fsp3) is 0.368. The quantitative estimate of drug-likeness (QED) is 0.657. The Labute approximate surface area is 137 Å². The summed E-state index contributed by atoms with van der Waals surface area (Å²) < 4.78 is 19.4. The topological polar surface area (TPSA) is 41.5 Å². The molecule has 2 rings (SSSR count). The molecule has 2 aromatic rings. The monoisotopic (exact) mass is 317 g/mol. The number of para-hydroxylation sites is 1. The van der Waals surface area contributed by atoms with Crippen molar-refractivity contribution in [1.29, 1.82) is 0 Å². The largest absolute Gasteiger partial charge is 0.488 e. The molecule has 0 spiro atoms. The van der Waals surface area contributed by atoms with E-state index in [1.807, 2.05) is 30.3 Å². The highest BCUT2D eigenvalue weighted by Crippen LogP contribution is 2.20. The molecule has 3 nitrogen and oxygen atoms in total. The third-order valence-electron chi connectivity index (χ3n) is 3.64. The van der Waals surface area contributed by atoms with Crippen LogP contribution in [0.3, 0.4) is 0 Å². The second-order valence-electron chi connectivity index (χ2n) is 5.45. The maximum atomic E-state index is 13.6. The highest BCUT2D eigenvalue weighted by Gasteiger charge is 2.05. The summed E-state index contributed by atoms with van der Waals surface area (Å²) >= 11 is 0. The van der Waals surface area contributed by atoms with Crippen LogP contribution in [0.15, 0.2) is 48.5 Å². The average molecular weight is 317 g/mol. The number of rotatable bonds is 10. The van der Waals surface area contributed by atoms with Crippen LogP contribution in [0.5, 0.6) is 5.75 Å². The summed E-state index contributed by atoms with van der Waals surface area (Å²) in [5.41, 5.74) is 1.62. The predicted molar refractivity (Wildman–Crippen MR) is 89.8 cm³/mol. The molecule has 0 aliphatic rings. The highest BCUT2D eigenvalue weighted by atomic mass is 19.1. The standard InChI is InChI=1S/C19H24FNO2/c20-18-10-4-2-9-17(18)15-23-19-11-5-3-8-16(19)14-21-12-6-1-7-13-22/h2-5,8-11,21-22H,1,6-7,12-15H2. The number of hydrogen-bond donors (Lipinski definition) is 2. The lowest BCUT2D eigenvalue weighted by atomic mass is 10.2. The van der Waals surface area contributed by atoms with Crippen LogP contribution in [0, 0.1) is 5.82 Å². The molecule has 23 heavy (non-hydrogen) atoms. The lowest BCUT2D eigenvalue weighted by Crippen LogP contribution is -2.15. The van der Waals surface area contributed by atoms with E-state index in [1.54, 1.807) is 12.1 Å². The summed E-state index contributed by atoms with van der Waals surface area (Å²) in [6.45, 7) is 2.10. The van der Waals surface area contributed by atoms with E-state index in [2.05, 4.69) is 5.32 Å². The van der Waals surface area contributed by atoms with E-state index in [0.717, 1.165) is 37.1 Å². The normalized spacial score (nSPS) is 10.7. The maximum absolute atomic E-state index is 13.6. The van der Waals surface area contributed by atoms with Gasteiger partial charge in [-0.3, -0.25) is 0 Å². The van der Waals surface area contributed by atoms with Crippen LogP contribution in [0.4, 0.5) is 4.39 Å². The maximum Gasteiger partial charge on any atom is 0.129 e. The number of halogens is 1. The highest BCUT2D eigenvalue weighted by molar-refractivity contribution is 5.33. The molecule has 0 fully saturated rings. The third-order valence-corrected chi connectivity index (χ3v) is 3.64. The Kier molecular flexibility index (Phi) is 7.57. The first-order valence-electron chi connectivity index (χ1n) is 8.07. The van der Waals surface area contributed by atoms with Crippen LogP contribution in [0.2, 0.25) is 0 Å². The number of nitrogens with one attached hydrogen (secondary N) is 1. The van der Waals surface area contributed by atoms with Gasteiger partial charge in [0.25, 0.3) is 0 Å². The second-order valence-corrected chi connectivity index (χ2v) is 5.45. The van der Waals surface area contributed by atoms with E-state index < -0.39 is 0 Å². The summed E-state index contributed by atoms with van der Waals surface area (Å²) in [5, 5.41) is 12.1. The molecule has 0 atom stereocenters. The van der Waals surface area contributed by atoms with Crippen LogP contribution < -0.4 is 10.1 Å². The summed E-state index contributed by atoms with van der Waals surface area (Å²) in [7, 11) is 0. The first kappa shape index (κ1) is 17.4. The Balaban J connectivity index is 1.84. The van der Waals surface area contributed by atoms with E-state index in [1.165, 1.54) is 6.07 Å². The van der Waals surface area contributed by atoms with Gasteiger partial charge in [0.1, 0.15) is 18.2 Å². The van der Waals surface area contributed by atoms with Gasteiger partial charge in [0.15, 0.2) is 0 Å². The van der Waals surface area contributed by atoms with E-state index in [0.29, 0.717) is 12.1 Å². The van der Waals surface area contributed by atoms with Crippen LogP contribution in [0.25, 0.3) is 0 Å². The van der Waals surface area contributed by atoms with E-state index in [9.17, 15) is 4.39 Å². The van der Waals surface area contributed by atoms with Gasteiger partial charge in [-0.1, -0.05) is 36.4 Å². The minimum atomic E-state index is -0.244. The molecule has 0 bridgehead atoms. The van der Waals surface area contributed by atoms with Crippen molar-refractivity contribution in [1.82, 2.24) is 5.32 Å². The minimum absolute atomic E-state index is 0.222. The molecule has 0 amide bonds. The zero-order valence-corrected chi connectivity index (χ0v) is 13.3. The molecule has 0 saturated carbocycles. The first-order valence-corrected chi connectivity index (χ1v) is 8.07. The molecule has 0 aromatic heterocycles. The zero-order valence-electron chi connectivity index (χ0n) is 13.3. The zero-order chi connectivity index (χ0) is 16.3. The number of benzene rings is 2. The first-order chi connectivity index (χ1) is 11.3. The summed E-state index contributed by atoms with van der Waals surface area (Å²) in [6, 6.07) is 14.5. The smallest absolute Gasteiger partial charge is 0.129 e. The van der Waals surface area contributed by atoms with Crippen molar-refractivity contribution < 1.29 is 14.2 Å². The fourth-order valence-electron chi connectivity index (χ4n) is 2.32. The van der Waals surface area contributed by atoms with Gasteiger partial charge in [-0.2, -0.15) is 0 Å². The van der Waals surface area contributed by atoms with Crippen LogP contribution in [-0.2, 0) is 13.2 Å². The molecule has 124 valence electrons. The van der Waals surface area contributed by atoms with Crippen LogP contribution in [0.1, 0.15) is 30.4 Å². The predicted octanol–water partition coefficient (Wildman–Crippen LogP) is 3.66. The summed E-state index contributed by atoms with van der Waals surface area (Å²) in [4.78, 5) is 0. The lowest BCUT2D eigenvalue weighted by Gasteiger charge is -2.12. The van der Waals surface area contributed by atoms with Gasteiger partial charge in [-0.05, 0) is 37.9 Å². The van der Waals surface area contributed by atoms with E-state index in [-0.39, 0.29) is 19.0 Å². The molecule has 2 N–H and O–H groups in total. The van der Waals surface area contributed by atoms with Crippen molar-refractivity contribution >= 4 is 0 Å². The van der Waals surface area contributed by atoms with Crippen LogP contribution >= 0.6 is 0 Å². The van der Waals surface area contributed by atoms with Crippen molar-refractivity contribution in [2.24, 2.45) is 0 Å². The number of aliphatic hydroxyl groups excluding tert-OH is 1. The van der Waals surface area contributed by atoms with Crippen molar-refractivity contribution in [3.8, 4) is 5.75 Å². The molecule has 0 heterocycles. The van der Waals surface area contributed by atoms with Crippen molar-refractivity contribution in [2.45, 2.75) is 32.4 Å². The molecular weight excluding hydrogens is 293 g/mol. The van der Waals surface area contributed by atoms with Crippen molar-refractivity contribution in [3.63, 3.8) is 0 Å². The van der Waals surface area contributed by atoms with E-state index in [4.69, 9.17) is 9.84 Å². The van der Waals surface area contributed by atoms with Gasteiger partial charge < -0.3 is 15.2 Å². The molecule has 0 aliphatic heterocycles. The van der Waals surface area contributed by atoms with Crippen LogP contribution in [-0.4, -0.2) is 18.3 Å². The molecule has 0 radical (unpaired) electrons. The second kappa shape index (κ2) is 9.98. The molecule has 0 saturated heterocycles. The van der Waals surface area contributed by atoms with Gasteiger partial charge in [-0.15, -0.1) is 0 Å². The number of ether oxygens (including phenoxy) is 1. The Morgan fingerprint density at radius 2 is 1.65 bits per heavy atom. The van der Waals surface area contributed by atoms with Crippen molar-refractivity contribution in [2.75, 3.05) is 13.2 Å². The van der Waals surface area contributed by atoms with Gasteiger partial charge in [-0.25, -0.2) is 4.39 Å². The van der Waals surface area contributed by atoms with Gasteiger partial charge in [0.2, 0.25) is 0 Å². The number of unbranched alkanes of at least 4 members (excludes halogenated alkanes) is 2. The minimum Gasteiger partial charge on any atom is -0.488 e. The average Bonchev–Trinajstić information content (AvgIpc) is 2.58. The Bertz CT molecular complexity index is 589. The molecular formula is C19H24FNO2. The SMILES string of the molecule is OCCCCCNCc1ccccc1OCc1ccccc1F. The van der Waals surface area contributed by atoms with Gasteiger partial charge >= 0.3 is 0 Å². The Morgan fingerprint density at radius 1 is 0.913 bits per heavy atom. The Hall–Kier alpha value is -1.91. The molecule has 0 unspecified atom stereocenters. The summed E-state index contributed by atoms with van der Waals surface area (Å²) in [6.07, 6.45) is 2.91. The molecule has 0 aliphatic carbocycles. The summed E-state index contributed by atoms with van der Waals surface area (Å²) in [5.74, 6) is 0.533. The van der Waals surface area contributed by atoms with Gasteiger partial charge in [0.05, 0.1) is 0 Å². The number of hydrogen-bond acceptors (Lipinski definition) is 3. The Morgan fingerprint density at radius 3 is 2.43 bits per heavy atom. The molecule has 2 aromatic carbocycles. The lowest BCUT2D eigenvalue weighted by molar-refractivity contribution is 0.282.